The number of furan rings is 1. The molecule has 0 aliphatic rings. The number of methoxy groups -OCH3 is 1. The number of aromatic nitrogens is 3. The fraction of sp³-hybridized carbons (Fsp3) is 0.286. The molecule has 1 aromatic carbocycles. The summed E-state index contributed by atoms with van der Waals surface area (Å²) in [7, 11) is 1.69. The second-order valence-electron chi connectivity index (χ2n) is 8.47. The summed E-state index contributed by atoms with van der Waals surface area (Å²) in [6, 6.07) is 16.2. The number of hydrogen-bond donors (Lipinski definition) is 0. The average molecular weight is 487 g/mol. The van der Waals surface area contributed by atoms with Crippen molar-refractivity contribution < 1.29 is 9.15 Å². The van der Waals surface area contributed by atoms with Gasteiger partial charge in [-0.2, -0.15) is 5.10 Å². The van der Waals surface area contributed by atoms with Gasteiger partial charge in [-0.15, -0.1) is 11.3 Å². The summed E-state index contributed by atoms with van der Waals surface area (Å²) >= 11 is 1.80. The van der Waals surface area contributed by atoms with Crippen molar-refractivity contribution in [2.75, 3.05) is 25.1 Å². The molecule has 0 saturated heterocycles. The Bertz CT molecular complexity index is 1480. The van der Waals surface area contributed by atoms with E-state index < -0.39 is 0 Å². The Balaban J connectivity index is 1.71. The lowest BCUT2D eigenvalue weighted by Crippen LogP contribution is -2.22. The first-order chi connectivity index (χ1) is 17.1. The van der Waals surface area contributed by atoms with Crippen molar-refractivity contribution >= 4 is 28.1 Å². The molecule has 7 heteroatoms. The van der Waals surface area contributed by atoms with Crippen molar-refractivity contribution in [1.29, 1.82) is 0 Å². The van der Waals surface area contributed by atoms with Crippen molar-refractivity contribution in [3.05, 3.63) is 70.7 Å². The van der Waals surface area contributed by atoms with Crippen LogP contribution in [0.4, 0.5) is 5.00 Å². The lowest BCUT2D eigenvalue weighted by molar-refractivity contribution is 0.416. The topological polar surface area (TPSA) is 55.8 Å². The van der Waals surface area contributed by atoms with Gasteiger partial charge in [0.1, 0.15) is 17.2 Å². The minimum Gasteiger partial charge on any atom is -0.496 e. The average Bonchev–Trinajstić information content (AvgIpc) is 3.66. The first-order valence-corrected chi connectivity index (χ1v) is 12.9. The highest BCUT2D eigenvalue weighted by molar-refractivity contribution is 7.16. The molecule has 5 rings (SSSR count). The van der Waals surface area contributed by atoms with Crippen molar-refractivity contribution in [3.63, 3.8) is 0 Å². The number of hydrogen-bond acceptors (Lipinski definition) is 6. The third kappa shape index (κ3) is 4.32. The summed E-state index contributed by atoms with van der Waals surface area (Å²) in [5, 5.41) is 7.09. The fourth-order valence-corrected chi connectivity index (χ4v) is 5.46. The van der Waals surface area contributed by atoms with Gasteiger partial charge in [0, 0.05) is 23.5 Å². The molecule has 0 atom stereocenters. The molecule has 0 fully saturated rings. The first kappa shape index (κ1) is 23.2. The molecule has 6 nitrogen and oxygen atoms in total. The molecule has 0 radical (unpaired) electrons. The Labute approximate surface area is 209 Å². The minimum atomic E-state index is 0.765. The van der Waals surface area contributed by atoms with Gasteiger partial charge in [0.2, 0.25) is 0 Å². The predicted molar refractivity (Wildman–Crippen MR) is 143 cm³/mol. The summed E-state index contributed by atoms with van der Waals surface area (Å²) in [6.07, 6.45) is 6.25. The third-order valence-electron chi connectivity index (χ3n) is 6.22. The van der Waals surface area contributed by atoms with E-state index in [-0.39, 0.29) is 0 Å². The maximum absolute atomic E-state index is 5.73. The number of ether oxygens (including phenoxy) is 1. The summed E-state index contributed by atoms with van der Waals surface area (Å²) in [4.78, 5) is 8.69. The van der Waals surface area contributed by atoms with Gasteiger partial charge >= 0.3 is 0 Å². The van der Waals surface area contributed by atoms with Gasteiger partial charge in [0.15, 0.2) is 5.65 Å². The second-order valence-corrected chi connectivity index (χ2v) is 9.57. The summed E-state index contributed by atoms with van der Waals surface area (Å²) in [6.45, 7) is 8.52. The van der Waals surface area contributed by atoms with Crippen LogP contribution in [0.2, 0.25) is 0 Å². The molecule has 0 spiro atoms. The number of imidazole rings is 1. The number of thiophene rings is 1. The van der Waals surface area contributed by atoms with Crippen LogP contribution in [0.15, 0.2) is 59.2 Å². The van der Waals surface area contributed by atoms with Gasteiger partial charge in [0.05, 0.1) is 35.0 Å². The molecule has 0 unspecified atom stereocenters. The zero-order chi connectivity index (χ0) is 24.4. The van der Waals surface area contributed by atoms with E-state index in [9.17, 15) is 0 Å². The summed E-state index contributed by atoms with van der Waals surface area (Å²) in [5.74, 6) is 1.55. The minimum absolute atomic E-state index is 0.765. The molecular weight excluding hydrogens is 456 g/mol. The normalized spacial score (nSPS) is 12.1. The molecule has 180 valence electrons. The lowest BCUT2D eigenvalue weighted by atomic mass is 10.1. The monoisotopic (exact) mass is 486 g/mol. The van der Waals surface area contributed by atoms with Gasteiger partial charge in [-0.1, -0.05) is 25.5 Å². The van der Waals surface area contributed by atoms with E-state index in [1.165, 1.54) is 17.8 Å². The zero-order valence-electron chi connectivity index (χ0n) is 20.6. The van der Waals surface area contributed by atoms with Crippen LogP contribution in [0.1, 0.15) is 37.3 Å². The van der Waals surface area contributed by atoms with E-state index in [1.54, 1.807) is 24.7 Å². The van der Waals surface area contributed by atoms with Crippen LogP contribution in [0.25, 0.3) is 34.3 Å². The Morgan fingerprint density at radius 3 is 2.71 bits per heavy atom. The van der Waals surface area contributed by atoms with Gasteiger partial charge < -0.3 is 14.1 Å². The highest BCUT2D eigenvalue weighted by Crippen LogP contribution is 2.32. The van der Waals surface area contributed by atoms with Gasteiger partial charge in [-0.25, -0.2) is 9.50 Å². The number of benzene rings is 1. The number of para-hydroxylation sites is 1. The number of nitrogens with zero attached hydrogens (tertiary/aromatic N) is 4. The summed E-state index contributed by atoms with van der Waals surface area (Å²) < 4.78 is 13.3. The van der Waals surface area contributed by atoms with Crippen LogP contribution in [0.5, 0.6) is 5.75 Å². The van der Waals surface area contributed by atoms with E-state index in [0.29, 0.717) is 0 Å². The van der Waals surface area contributed by atoms with Gasteiger partial charge in [0.25, 0.3) is 0 Å². The molecule has 0 bridgehead atoms. The van der Waals surface area contributed by atoms with Crippen LogP contribution < -0.4 is 15.0 Å². The molecule has 0 N–H and O–H groups in total. The number of unbranched alkanes of at least 4 members (excludes halogenated alkanes) is 1. The molecule has 0 aliphatic heterocycles. The molecular formula is C28H30N4O2S. The van der Waals surface area contributed by atoms with E-state index in [0.717, 1.165) is 63.0 Å². The Morgan fingerprint density at radius 2 is 1.97 bits per heavy atom. The SMILES string of the molecule is CCCCN(CC)c1ccc(/C=c2/c(-c3ccccc3OC)nc3c(-c4ccco4)c(C)nn23)s1. The molecule has 5 aromatic rings. The number of anilines is 1. The highest BCUT2D eigenvalue weighted by Gasteiger charge is 2.21. The van der Waals surface area contributed by atoms with Crippen LogP contribution in [0.3, 0.4) is 0 Å². The number of aryl methyl sites for hydroxylation is 1. The molecule has 4 heterocycles. The molecule has 35 heavy (non-hydrogen) atoms. The zero-order valence-corrected chi connectivity index (χ0v) is 21.4. The quantitative estimate of drug-likeness (QED) is 0.248. The number of rotatable bonds is 9. The van der Waals surface area contributed by atoms with Gasteiger partial charge in [-0.3, -0.25) is 0 Å². The van der Waals surface area contributed by atoms with Crippen LogP contribution in [0, 0.1) is 6.92 Å². The van der Waals surface area contributed by atoms with Gasteiger partial charge in [-0.05, 0) is 62.7 Å². The number of fused-ring (bicyclic) bond motifs is 1. The van der Waals surface area contributed by atoms with Crippen LogP contribution in [-0.4, -0.2) is 34.8 Å². The standard InChI is InChI=1S/C28H30N4O2S/c1-5-7-16-31(6-2)25-15-14-20(35-25)18-22-27(21-11-8-9-12-23(21)33-4)29-28-26(19(3)30-32(22)28)24-13-10-17-34-24/h8-15,17-18H,5-7,16H2,1-4H3/b22-18-. The Morgan fingerprint density at radius 1 is 1.11 bits per heavy atom. The smallest absolute Gasteiger partial charge is 0.167 e. The largest absolute Gasteiger partial charge is 0.496 e. The van der Waals surface area contributed by atoms with Crippen molar-refractivity contribution in [2.45, 2.75) is 33.6 Å². The predicted octanol–water partition coefficient (Wildman–Crippen LogP) is 6.21. The van der Waals surface area contributed by atoms with Crippen LogP contribution >= 0.6 is 11.3 Å². The molecule has 0 aliphatic carbocycles. The maximum atomic E-state index is 5.73. The molecule has 0 amide bonds. The Kier molecular flexibility index (Phi) is 6.59. The lowest BCUT2D eigenvalue weighted by Gasteiger charge is -2.20. The summed E-state index contributed by atoms with van der Waals surface area (Å²) in [5.41, 5.74) is 4.34. The van der Waals surface area contributed by atoms with Crippen molar-refractivity contribution in [2.24, 2.45) is 0 Å². The fourth-order valence-electron chi connectivity index (χ4n) is 4.42. The van der Waals surface area contributed by atoms with Crippen molar-refractivity contribution in [1.82, 2.24) is 14.6 Å². The van der Waals surface area contributed by atoms with E-state index in [4.69, 9.17) is 19.2 Å². The molecule has 4 aromatic heterocycles. The van der Waals surface area contributed by atoms with E-state index >= 15 is 0 Å². The molecule has 0 saturated carbocycles. The van der Waals surface area contributed by atoms with Crippen molar-refractivity contribution in [3.8, 4) is 28.3 Å². The third-order valence-corrected chi connectivity index (χ3v) is 7.31. The highest BCUT2D eigenvalue weighted by atomic mass is 32.1. The maximum Gasteiger partial charge on any atom is 0.167 e. The van der Waals surface area contributed by atoms with E-state index in [1.807, 2.05) is 47.8 Å². The Hall–Kier alpha value is -3.58. The van der Waals surface area contributed by atoms with Crippen LogP contribution in [-0.2, 0) is 0 Å². The second kappa shape index (κ2) is 9.96. The first-order valence-electron chi connectivity index (χ1n) is 12.1. The van der Waals surface area contributed by atoms with E-state index in [2.05, 4.69) is 37.0 Å².